The summed E-state index contributed by atoms with van der Waals surface area (Å²) in [5, 5.41) is 23.2. The van der Waals surface area contributed by atoms with Crippen LogP contribution in [0.3, 0.4) is 0 Å². The van der Waals surface area contributed by atoms with E-state index < -0.39 is 12.1 Å². The van der Waals surface area contributed by atoms with Crippen LogP contribution in [0.15, 0.2) is 24.3 Å². The summed E-state index contributed by atoms with van der Waals surface area (Å²) in [6.45, 7) is 4.85. The fraction of sp³-hybridized carbons (Fsp3) is 0.880. The minimum Gasteiger partial charge on any atom is -0.466 e. The molecule has 0 bridgehead atoms. The molecule has 0 heterocycles. The number of esters is 1. The van der Waals surface area contributed by atoms with Gasteiger partial charge in [-0.1, -0.05) is 218 Å². The lowest BCUT2D eigenvalue weighted by Crippen LogP contribution is -2.45. The number of hydrogen-bond donors (Lipinski definition) is 3. The number of amides is 1. The van der Waals surface area contributed by atoms with Crippen LogP contribution in [-0.2, 0) is 14.3 Å². The van der Waals surface area contributed by atoms with Gasteiger partial charge in [0.05, 0.1) is 25.4 Å². The summed E-state index contributed by atoms with van der Waals surface area (Å²) in [5.41, 5.74) is 0. The first-order chi connectivity index (χ1) is 27.5. The van der Waals surface area contributed by atoms with E-state index in [-0.39, 0.29) is 18.5 Å². The number of aliphatic hydroxyl groups is 2. The number of carbonyl (C=O) groups is 2. The summed E-state index contributed by atoms with van der Waals surface area (Å²) in [5.74, 6) is -0.0702. The van der Waals surface area contributed by atoms with E-state index in [1.165, 1.54) is 161 Å². The molecule has 6 heteroatoms. The Labute approximate surface area is 348 Å². The van der Waals surface area contributed by atoms with Crippen molar-refractivity contribution in [3.8, 4) is 0 Å². The monoisotopic (exact) mass is 790 g/mol. The van der Waals surface area contributed by atoms with Gasteiger partial charge in [-0.2, -0.15) is 0 Å². The van der Waals surface area contributed by atoms with E-state index in [9.17, 15) is 19.8 Å². The van der Waals surface area contributed by atoms with E-state index in [1.54, 1.807) is 0 Å². The molecule has 0 rings (SSSR count). The lowest BCUT2D eigenvalue weighted by molar-refractivity contribution is -0.143. The quantitative estimate of drug-likeness (QED) is 0.0324. The van der Waals surface area contributed by atoms with Crippen LogP contribution in [0.2, 0.25) is 0 Å². The Hall–Kier alpha value is -1.66. The minimum atomic E-state index is -0.672. The van der Waals surface area contributed by atoms with Crippen molar-refractivity contribution in [3.05, 3.63) is 24.3 Å². The normalized spacial score (nSPS) is 12.9. The van der Waals surface area contributed by atoms with Gasteiger partial charge < -0.3 is 20.3 Å². The molecular formula is C50H95NO5. The molecule has 0 fully saturated rings. The number of rotatable bonds is 45. The molecule has 2 unspecified atom stereocenters. The maximum absolute atomic E-state index is 12.4. The van der Waals surface area contributed by atoms with Crippen molar-refractivity contribution >= 4 is 11.9 Å². The maximum atomic E-state index is 12.4. The smallest absolute Gasteiger partial charge is 0.305 e. The Bertz CT molecular complexity index is 874. The van der Waals surface area contributed by atoms with Gasteiger partial charge in [-0.25, -0.2) is 0 Å². The van der Waals surface area contributed by atoms with Crippen LogP contribution in [0.4, 0.5) is 0 Å². The third kappa shape index (κ3) is 42.0. The topological polar surface area (TPSA) is 95.9 Å². The van der Waals surface area contributed by atoms with Gasteiger partial charge in [0.2, 0.25) is 5.91 Å². The van der Waals surface area contributed by atoms with Crippen molar-refractivity contribution in [2.45, 2.75) is 270 Å². The first kappa shape index (κ1) is 54.3. The van der Waals surface area contributed by atoms with Gasteiger partial charge in [0.1, 0.15) is 0 Å². The zero-order valence-electron chi connectivity index (χ0n) is 37.4. The summed E-state index contributed by atoms with van der Waals surface area (Å²) in [4.78, 5) is 24.4. The number of ether oxygens (including phenoxy) is 1. The van der Waals surface area contributed by atoms with Crippen molar-refractivity contribution < 1.29 is 24.5 Å². The summed E-state index contributed by atoms with van der Waals surface area (Å²) < 4.78 is 5.44. The Morgan fingerprint density at radius 1 is 0.500 bits per heavy atom. The van der Waals surface area contributed by atoms with Crippen molar-refractivity contribution in [2.24, 2.45) is 0 Å². The molecule has 0 radical (unpaired) electrons. The first-order valence-electron chi connectivity index (χ1n) is 24.6. The molecule has 0 saturated carbocycles. The number of unbranched alkanes of at least 4 members (excludes halogenated alkanes) is 30. The lowest BCUT2D eigenvalue weighted by Gasteiger charge is -2.22. The Kier molecular flexibility index (Phi) is 44.7. The number of allylic oxidation sites excluding steroid dienone is 4. The highest BCUT2D eigenvalue weighted by molar-refractivity contribution is 5.76. The third-order valence-corrected chi connectivity index (χ3v) is 11.2. The van der Waals surface area contributed by atoms with Gasteiger partial charge in [0.25, 0.3) is 0 Å². The Balaban J connectivity index is 3.46. The molecule has 0 aliphatic carbocycles. The highest BCUT2D eigenvalue weighted by Crippen LogP contribution is 2.16. The lowest BCUT2D eigenvalue weighted by atomic mass is 10.0. The largest absolute Gasteiger partial charge is 0.466 e. The van der Waals surface area contributed by atoms with Crippen LogP contribution in [0.25, 0.3) is 0 Å². The van der Waals surface area contributed by atoms with Crippen LogP contribution in [0, 0.1) is 0 Å². The molecule has 0 aliphatic rings. The van der Waals surface area contributed by atoms with Gasteiger partial charge in [-0.05, 0) is 51.4 Å². The molecule has 330 valence electrons. The van der Waals surface area contributed by atoms with Gasteiger partial charge in [0, 0.05) is 12.8 Å². The number of aliphatic hydroxyl groups excluding tert-OH is 2. The van der Waals surface area contributed by atoms with E-state index in [1.807, 2.05) is 0 Å². The third-order valence-electron chi connectivity index (χ3n) is 11.2. The average molecular weight is 790 g/mol. The van der Waals surface area contributed by atoms with Crippen molar-refractivity contribution in [2.75, 3.05) is 13.2 Å². The number of hydrogen-bond acceptors (Lipinski definition) is 5. The maximum Gasteiger partial charge on any atom is 0.305 e. The van der Waals surface area contributed by atoms with E-state index in [0.29, 0.717) is 25.9 Å². The van der Waals surface area contributed by atoms with Crippen LogP contribution in [0.5, 0.6) is 0 Å². The second-order valence-corrected chi connectivity index (χ2v) is 16.8. The molecule has 0 saturated heterocycles. The van der Waals surface area contributed by atoms with Crippen molar-refractivity contribution in [3.63, 3.8) is 0 Å². The highest BCUT2D eigenvalue weighted by Gasteiger charge is 2.20. The van der Waals surface area contributed by atoms with Gasteiger partial charge in [0.15, 0.2) is 0 Å². The van der Waals surface area contributed by atoms with E-state index in [2.05, 4.69) is 43.5 Å². The molecule has 2 atom stereocenters. The van der Waals surface area contributed by atoms with Crippen LogP contribution >= 0.6 is 0 Å². The molecule has 0 aromatic heterocycles. The number of carbonyl (C=O) groups excluding carboxylic acids is 2. The fourth-order valence-electron chi connectivity index (χ4n) is 7.44. The van der Waals surface area contributed by atoms with Crippen molar-refractivity contribution in [1.29, 1.82) is 0 Å². The summed E-state index contributed by atoms with van der Waals surface area (Å²) in [7, 11) is 0. The number of nitrogens with one attached hydrogen (secondary N) is 1. The predicted molar refractivity (Wildman–Crippen MR) is 241 cm³/mol. The van der Waals surface area contributed by atoms with E-state index in [0.717, 1.165) is 64.2 Å². The summed E-state index contributed by atoms with van der Waals surface area (Å²) >= 11 is 0. The van der Waals surface area contributed by atoms with Gasteiger partial charge in [-0.15, -0.1) is 0 Å². The minimum absolute atomic E-state index is 0.0211. The van der Waals surface area contributed by atoms with Crippen LogP contribution in [-0.4, -0.2) is 47.4 Å². The summed E-state index contributed by atoms with van der Waals surface area (Å²) in [6.07, 6.45) is 52.8. The predicted octanol–water partition coefficient (Wildman–Crippen LogP) is 14.3. The molecule has 6 nitrogen and oxygen atoms in total. The molecule has 3 N–H and O–H groups in total. The Morgan fingerprint density at radius 2 is 0.929 bits per heavy atom. The molecule has 0 spiro atoms. The highest BCUT2D eigenvalue weighted by atomic mass is 16.5. The van der Waals surface area contributed by atoms with E-state index >= 15 is 0 Å². The average Bonchev–Trinajstić information content (AvgIpc) is 3.20. The molecule has 0 aromatic carbocycles. The Morgan fingerprint density at radius 3 is 1.43 bits per heavy atom. The van der Waals surface area contributed by atoms with E-state index in [4.69, 9.17) is 4.74 Å². The van der Waals surface area contributed by atoms with Gasteiger partial charge in [-0.3, -0.25) is 9.59 Å². The zero-order valence-corrected chi connectivity index (χ0v) is 37.4. The second-order valence-electron chi connectivity index (χ2n) is 16.8. The molecule has 0 aromatic rings. The van der Waals surface area contributed by atoms with Crippen molar-refractivity contribution in [1.82, 2.24) is 5.32 Å². The van der Waals surface area contributed by atoms with Gasteiger partial charge >= 0.3 is 5.97 Å². The molecule has 56 heavy (non-hydrogen) atoms. The zero-order chi connectivity index (χ0) is 40.8. The first-order valence-corrected chi connectivity index (χ1v) is 24.6. The van der Waals surface area contributed by atoms with Crippen LogP contribution < -0.4 is 5.32 Å². The standard InChI is InChI=1S/C50H95NO5/c1-3-5-7-9-11-13-15-18-22-26-30-34-38-42-48(53)47(46-52)51-49(54)43-39-35-31-27-23-20-17-21-25-29-33-37-41-45-56-50(55)44-40-36-32-28-24-19-16-14-12-10-8-6-4-2/h8,10,14,16,47-48,52-53H,3-7,9,11-13,15,17-46H2,1-2H3,(H,51,54)/b10-8-,16-14-. The van der Waals surface area contributed by atoms with Crippen LogP contribution in [0.1, 0.15) is 258 Å². The fourth-order valence-corrected chi connectivity index (χ4v) is 7.44. The molecule has 0 aliphatic heterocycles. The summed E-state index contributed by atoms with van der Waals surface area (Å²) in [6, 6.07) is -0.550. The molecular weight excluding hydrogens is 695 g/mol. The SMILES string of the molecule is CCC/C=C\C/C=C\CCCCCCCC(=O)OCCCCCCCCCCCCCCCC(=O)NC(CO)C(O)CCCCCCCCCCCCCCC. The molecule has 1 amide bonds. The second kappa shape index (κ2) is 46.0.